The van der Waals surface area contributed by atoms with Crippen molar-refractivity contribution in [3.8, 4) is 0 Å². The summed E-state index contributed by atoms with van der Waals surface area (Å²) in [5.74, 6) is -0.0751. The van der Waals surface area contributed by atoms with Gasteiger partial charge in [-0.3, -0.25) is 4.79 Å². The van der Waals surface area contributed by atoms with Gasteiger partial charge in [0.05, 0.1) is 19.3 Å². The number of benzene rings is 1. The van der Waals surface area contributed by atoms with E-state index < -0.39 is 6.10 Å². The number of amides is 1. The third-order valence-electron chi connectivity index (χ3n) is 2.94. The molecule has 120 valence electrons. The van der Waals surface area contributed by atoms with Crippen LogP contribution in [0.1, 0.15) is 25.0 Å². The van der Waals surface area contributed by atoms with Crippen molar-refractivity contribution in [2.45, 2.75) is 25.5 Å². The van der Waals surface area contributed by atoms with Crippen molar-refractivity contribution < 1.29 is 14.6 Å². The van der Waals surface area contributed by atoms with Gasteiger partial charge in [0.2, 0.25) is 5.91 Å². The number of rotatable bonds is 9. The average Bonchev–Trinajstić information content (AvgIpc) is 2.44. The molecule has 0 saturated heterocycles. The van der Waals surface area contributed by atoms with Crippen LogP contribution in [0.15, 0.2) is 30.3 Å². The maximum atomic E-state index is 11.6. The lowest BCUT2D eigenvalue weighted by Gasteiger charge is -2.18. The molecule has 0 aliphatic heterocycles. The van der Waals surface area contributed by atoms with Crippen LogP contribution >= 0.6 is 12.4 Å². The number of aliphatic hydroxyl groups is 1. The van der Waals surface area contributed by atoms with Crippen molar-refractivity contribution in [1.82, 2.24) is 10.6 Å². The largest absolute Gasteiger partial charge is 0.388 e. The van der Waals surface area contributed by atoms with E-state index in [2.05, 4.69) is 10.6 Å². The first-order valence-corrected chi connectivity index (χ1v) is 6.85. The average molecular weight is 317 g/mol. The Bertz CT molecular complexity index is 390. The Morgan fingerprint density at radius 2 is 2.00 bits per heavy atom. The zero-order valence-electron chi connectivity index (χ0n) is 12.5. The van der Waals surface area contributed by atoms with Crippen LogP contribution < -0.4 is 10.6 Å². The summed E-state index contributed by atoms with van der Waals surface area (Å²) in [6, 6.07) is 9.37. The maximum absolute atomic E-state index is 11.6. The quantitative estimate of drug-likeness (QED) is 0.600. The van der Waals surface area contributed by atoms with Crippen LogP contribution in [-0.2, 0) is 9.53 Å². The Labute approximate surface area is 132 Å². The number of carbonyl (C=O) groups excluding carboxylic acids is 1. The molecule has 0 aliphatic carbocycles. The fourth-order valence-electron chi connectivity index (χ4n) is 1.91. The molecule has 0 aliphatic rings. The predicted octanol–water partition coefficient (Wildman–Crippen LogP) is 1.27. The van der Waals surface area contributed by atoms with E-state index >= 15 is 0 Å². The van der Waals surface area contributed by atoms with Gasteiger partial charge in [0, 0.05) is 19.7 Å². The van der Waals surface area contributed by atoms with Crippen molar-refractivity contribution in [2.24, 2.45) is 0 Å². The molecular weight excluding hydrogens is 292 g/mol. The van der Waals surface area contributed by atoms with Crippen molar-refractivity contribution in [3.05, 3.63) is 35.9 Å². The first kappa shape index (κ1) is 19.9. The van der Waals surface area contributed by atoms with Gasteiger partial charge < -0.3 is 20.5 Å². The molecular formula is C15H25ClN2O3. The summed E-state index contributed by atoms with van der Waals surface area (Å²) in [6.45, 7) is 3.37. The maximum Gasteiger partial charge on any atom is 0.234 e. The van der Waals surface area contributed by atoms with Crippen molar-refractivity contribution in [1.29, 1.82) is 0 Å². The van der Waals surface area contributed by atoms with Gasteiger partial charge in [0.25, 0.3) is 0 Å². The second kappa shape index (κ2) is 11.5. The number of methoxy groups -OCH3 is 1. The highest BCUT2D eigenvalue weighted by molar-refractivity contribution is 5.85. The van der Waals surface area contributed by atoms with Crippen LogP contribution in [0.25, 0.3) is 0 Å². The Balaban J connectivity index is 0.00000400. The van der Waals surface area contributed by atoms with E-state index in [1.165, 1.54) is 0 Å². The highest BCUT2D eigenvalue weighted by Crippen LogP contribution is 2.17. The van der Waals surface area contributed by atoms with Crippen molar-refractivity contribution in [3.63, 3.8) is 0 Å². The van der Waals surface area contributed by atoms with Gasteiger partial charge in [0.15, 0.2) is 0 Å². The number of aliphatic hydroxyl groups excluding tert-OH is 1. The van der Waals surface area contributed by atoms with Crippen LogP contribution in [0, 0.1) is 0 Å². The number of halogens is 1. The topological polar surface area (TPSA) is 70.6 Å². The van der Waals surface area contributed by atoms with E-state index in [0.29, 0.717) is 19.6 Å². The molecule has 1 amide bonds. The highest BCUT2D eigenvalue weighted by atomic mass is 35.5. The van der Waals surface area contributed by atoms with Gasteiger partial charge in [-0.25, -0.2) is 0 Å². The number of nitrogens with one attached hydrogen (secondary N) is 2. The molecule has 1 rings (SSSR count). The Morgan fingerprint density at radius 3 is 2.62 bits per heavy atom. The zero-order chi connectivity index (χ0) is 14.8. The normalized spacial score (nSPS) is 13.1. The summed E-state index contributed by atoms with van der Waals surface area (Å²) in [5, 5.41) is 15.9. The second-order valence-corrected chi connectivity index (χ2v) is 4.80. The molecule has 2 atom stereocenters. The molecule has 2 unspecified atom stereocenters. The van der Waals surface area contributed by atoms with E-state index in [-0.39, 0.29) is 30.9 Å². The minimum Gasteiger partial charge on any atom is -0.388 e. The van der Waals surface area contributed by atoms with Crippen LogP contribution in [0.4, 0.5) is 0 Å². The molecule has 3 N–H and O–H groups in total. The Morgan fingerprint density at radius 1 is 1.33 bits per heavy atom. The third-order valence-corrected chi connectivity index (χ3v) is 2.94. The third kappa shape index (κ3) is 8.67. The van der Waals surface area contributed by atoms with Gasteiger partial charge in [-0.05, 0) is 18.9 Å². The van der Waals surface area contributed by atoms with Gasteiger partial charge in [-0.1, -0.05) is 30.3 Å². The molecule has 0 fully saturated rings. The predicted molar refractivity (Wildman–Crippen MR) is 85.6 cm³/mol. The number of hydrogen-bond acceptors (Lipinski definition) is 4. The Hall–Kier alpha value is -1.14. The van der Waals surface area contributed by atoms with Gasteiger partial charge in [0.1, 0.15) is 0 Å². The Kier molecular flexibility index (Phi) is 10.9. The smallest absolute Gasteiger partial charge is 0.234 e. The number of hydrogen-bond donors (Lipinski definition) is 3. The molecule has 0 spiro atoms. The molecule has 0 bridgehead atoms. The van der Waals surface area contributed by atoms with Crippen LogP contribution in [0.3, 0.4) is 0 Å². The first-order valence-electron chi connectivity index (χ1n) is 6.85. The van der Waals surface area contributed by atoms with Gasteiger partial charge >= 0.3 is 0 Å². The first-order chi connectivity index (χ1) is 9.63. The molecule has 0 saturated carbocycles. The van der Waals surface area contributed by atoms with Crippen molar-refractivity contribution >= 4 is 18.3 Å². The van der Waals surface area contributed by atoms with Crippen LogP contribution in [0.2, 0.25) is 0 Å². The van der Waals surface area contributed by atoms with E-state index in [9.17, 15) is 9.90 Å². The SMILES string of the molecule is COCCNCC(=O)NC(C)CC(O)c1ccccc1.Cl. The summed E-state index contributed by atoms with van der Waals surface area (Å²) in [5.41, 5.74) is 0.867. The molecule has 1 aromatic carbocycles. The summed E-state index contributed by atoms with van der Waals surface area (Å²) < 4.78 is 4.88. The summed E-state index contributed by atoms with van der Waals surface area (Å²) in [4.78, 5) is 11.6. The molecule has 1 aromatic rings. The highest BCUT2D eigenvalue weighted by Gasteiger charge is 2.13. The summed E-state index contributed by atoms with van der Waals surface area (Å²) in [7, 11) is 1.62. The summed E-state index contributed by atoms with van der Waals surface area (Å²) in [6.07, 6.45) is -0.0682. The fourth-order valence-corrected chi connectivity index (χ4v) is 1.91. The zero-order valence-corrected chi connectivity index (χ0v) is 13.4. The lowest BCUT2D eigenvalue weighted by atomic mass is 10.0. The molecule has 5 nitrogen and oxygen atoms in total. The molecule has 6 heteroatoms. The van der Waals surface area contributed by atoms with E-state index in [0.717, 1.165) is 5.56 Å². The van der Waals surface area contributed by atoms with Gasteiger partial charge in [-0.15, -0.1) is 12.4 Å². The van der Waals surface area contributed by atoms with Crippen molar-refractivity contribution in [2.75, 3.05) is 26.8 Å². The second-order valence-electron chi connectivity index (χ2n) is 4.80. The molecule has 21 heavy (non-hydrogen) atoms. The fraction of sp³-hybridized carbons (Fsp3) is 0.533. The summed E-state index contributed by atoms with van der Waals surface area (Å²) >= 11 is 0. The van der Waals surface area contributed by atoms with E-state index in [4.69, 9.17) is 4.74 Å². The number of ether oxygens (including phenoxy) is 1. The lowest BCUT2D eigenvalue weighted by molar-refractivity contribution is -0.121. The van der Waals surface area contributed by atoms with E-state index in [1.807, 2.05) is 37.3 Å². The lowest BCUT2D eigenvalue weighted by Crippen LogP contribution is -2.40. The number of carbonyl (C=O) groups is 1. The van der Waals surface area contributed by atoms with Crippen LogP contribution in [0.5, 0.6) is 0 Å². The molecule has 0 aromatic heterocycles. The minimum atomic E-state index is -0.562. The molecule has 0 heterocycles. The minimum absolute atomic E-state index is 0. The monoisotopic (exact) mass is 316 g/mol. The van der Waals surface area contributed by atoms with E-state index in [1.54, 1.807) is 7.11 Å². The van der Waals surface area contributed by atoms with Crippen LogP contribution in [-0.4, -0.2) is 43.9 Å². The van der Waals surface area contributed by atoms with Gasteiger partial charge in [-0.2, -0.15) is 0 Å². The standard InChI is InChI=1S/C15H24N2O3.ClH/c1-12(17-15(19)11-16-8-9-20-2)10-14(18)13-6-4-3-5-7-13;/h3-7,12,14,16,18H,8-11H2,1-2H3,(H,17,19);1H. The molecule has 0 radical (unpaired) electrons.